The Bertz CT molecular complexity index is 436. The number of hydrogen-bond acceptors (Lipinski definition) is 3. The fraction of sp³-hybridized carbons (Fsp3) is 0.462. The minimum Gasteiger partial charge on any atom is -0.478 e. The van der Waals surface area contributed by atoms with Crippen molar-refractivity contribution in [3.63, 3.8) is 0 Å². The third-order valence-corrected chi connectivity index (χ3v) is 4.01. The van der Waals surface area contributed by atoms with Gasteiger partial charge in [0.05, 0.1) is 10.6 Å². The second-order valence-corrected chi connectivity index (χ2v) is 5.22. The van der Waals surface area contributed by atoms with Crippen molar-refractivity contribution in [1.82, 2.24) is 0 Å². The predicted molar refractivity (Wildman–Crippen MR) is 70.5 cm³/mol. The van der Waals surface area contributed by atoms with Gasteiger partial charge in [-0.3, -0.25) is 0 Å². The highest BCUT2D eigenvalue weighted by molar-refractivity contribution is 7.14. The average molecular weight is 251 g/mol. The fourth-order valence-electron chi connectivity index (χ4n) is 2.24. The maximum Gasteiger partial charge on any atom is 0.333 e. The van der Waals surface area contributed by atoms with Gasteiger partial charge in [-0.25, -0.2) is 4.79 Å². The highest BCUT2D eigenvalue weighted by atomic mass is 32.1. The fourth-order valence-corrected chi connectivity index (χ4v) is 3.07. The van der Waals surface area contributed by atoms with Gasteiger partial charge in [0.25, 0.3) is 0 Å². The van der Waals surface area contributed by atoms with E-state index in [2.05, 4.69) is 12.2 Å². The molecule has 0 saturated heterocycles. The lowest BCUT2D eigenvalue weighted by Gasteiger charge is -2.23. The standard InChI is InChI=1S/C13H17NO2S/c1-2-3-4-5-9-10-6-7-17-12(10)14-8-11(9)13(15)16/h6-9,14H,2-5H2,1H3,(H,15,16). The Morgan fingerprint density at radius 3 is 3.06 bits per heavy atom. The van der Waals surface area contributed by atoms with Crippen molar-refractivity contribution in [2.45, 2.75) is 38.5 Å². The molecule has 0 saturated carbocycles. The SMILES string of the molecule is CCCCCC1C(C(=O)O)=CNc2sccc21. The van der Waals surface area contributed by atoms with E-state index >= 15 is 0 Å². The Labute approximate surface area is 105 Å². The van der Waals surface area contributed by atoms with Gasteiger partial charge in [-0.2, -0.15) is 0 Å². The summed E-state index contributed by atoms with van der Waals surface area (Å²) in [5, 5.41) is 15.4. The van der Waals surface area contributed by atoms with Gasteiger partial charge >= 0.3 is 5.97 Å². The summed E-state index contributed by atoms with van der Waals surface area (Å²) in [5.41, 5.74) is 1.64. The number of unbranched alkanes of at least 4 members (excludes halogenated alkanes) is 2. The summed E-state index contributed by atoms with van der Waals surface area (Å²) in [6, 6.07) is 2.04. The molecule has 1 unspecified atom stereocenters. The molecule has 0 aliphatic carbocycles. The molecule has 2 heterocycles. The first-order valence-corrected chi connectivity index (χ1v) is 6.89. The number of carboxylic acids is 1. The molecule has 4 heteroatoms. The Morgan fingerprint density at radius 2 is 2.35 bits per heavy atom. The molecule has 17 heavy (non-hydrogen) atoms. The Hall–Kier alpha value is -1.29. The van der Waals surface area contributed by atoms with Gasteiger partial charge in [-0.15, -0.1) is 11.3 Å². The van der Waals surface area contributed by atoms with Gasteiger partial charge in [0.1, 0.15) is 0 Å². The van der Waals surface area contributed by atoms with Crippen LogP contribution >= 0.6 is 11.3 Å². The quantitative estimate of drug-likeness (QED) is 0.782. The number of aliphatic carboxylic acids is 1. The lowest BCUT2D eigenvalue weighted by Crippen LogP contribution is -2.17. The average Bonchev–Trinajstić information content (AvgIpc) is 2.77. The van der Waals surface area contributed by atoms with Gasteiger partial charge < -0.3 is 10.4 Å². The van der Waals surface area contributed by atoms with Crippen LogP contribution in [0, 0.1) is 0 Å². The second-order valence-electron chi connectivity index (χ2n) is 4.30. The van der Waals surface area contributed by atoms with Crippen molar-refractivity contribution in [2.75, 3.05) is 5.32 Å². The minimum atomic E-state index is -0.809. The molecule has 92 valence electrons. The van der Waals surface area contributed by atoms with Crippen molar-refractivity contribution >= 4 is 22.3 Å². The summed E-state index contributed by atoms with van der Waals surface area (Å²) in [6.45, 7) is 2.16. The van der Waals surface area contributed by atoms with Crippen LogP contribution in [0.2, 0.25) is 0 Å². The van der Waals surface area contributed by atoms with Crippen LogP contribution in [0.25, 0.3) is 0 Å². The maximum atomic E-state index is 11.2. The van der Waals surface area contributed by atoms with E-state index in [-0.39, 0.29) is 5.92 Å². The molecule has 2 rings (SSSR count). The van der Waals surface area contributed by atoms with E-state index < -0.39 is 5.97 Å². The lowest BCUT2D eigenvalue weighted by molar-refractivity contribution is -0.133. The molecular formula is C13H17NO2S. The van der Waals surface area contributed by atoms with E-state index in [1.54, 1.807) is 17.5 Å². The number of fused-ring (bicyclic) bond motifs is 1. The molecule has 1 aromatic heterocycles. The van der Waals surface area contributed by atoms with Crippen LogP contribution in [0.3, 0.4) is 0 Å². The molecule has 0 radical (unpaired) electrons. The van der Waals surface area contributed by atoms with Gasteiger partial charge in [0.2, 0.25) is 0 Å². The van der Waals surface area contributed by atoms with E-state index in [1.165, 1.54) is 0 Å². The zero-order valence-corrected chi connectivity index (χ0v) is 10.7. The molecule has 3 nitrogen and oxygen atoms in total. The van der Waals surface area contributed by atoms with Crippen molar-refractivity contribution in [1.29, 1.82) is 0 Å². The molecule has 0 aromatic carbocycles. The first-order valence-electron chi connectivity index (χ1n) is 6.01. The third kappa shape index (κ3) is 2.52. The molecule has 0 fully saturated rings. The van der Waals surface area contributed by atoms with Crippen molar-refractivity contribution in [3.05, 3.63) is 28.8 Å². The normalized spacial score (nSPS) is 18.2. The highest BCUT2D eigenvalue weighted by Gasteiger charge is 2.27. The molecule has 1 atom stereocenters. The molecule has 1 aromatic rings. The monoisotopic (exact) mass is 251 g/mol. The number of nitrogens with one attached hydrogen (secondary N) is 1. The van der Waals surface area contributed by atoms with Gasteiger partial charge in [-0.1, -0.05) is 26.2 Å². The zero-order valence-electron chi connectivity index (χ0n) is 9.90. The van der Waals surface area contributed by atoms with E-state index in [0.717, 1.165) is 36.2 Å². The summed E-state index contributed by atoms with van der Waals surface area (Å²) in [7, 11) is 0. The molecule has 0 amide bonds. The van der Waals surface area contributed by atoms with Gasteiger partial charge in [-0.05, 0) is 23.4 Å². The van der Waals surface area contributed by atoms with Crippen LogP contribution < -0.4 is 5.32 Å². The maximum absolute atomic E-state index is 11.2. The largest absolute Gasteiger partial charge is 0.478 e. The Balaban J connectivity index is 2.18. The number of anilines is 1. The van der Waals surface area contributed by atoms with Crippen LogP contribution in [0.15, 0.2) is 23.2 Å². The first-order chi connectivity index (χ1) is 8.24. The molecule has 1 aliphatic heterocycles. The molecule has 0 spiro atoms. The van der Waals surface area contributed by atoms with Crippen LogP contribution in [-0.4, -0.2) is 11.1 Å². The molecule has 1 aliphatic rings. The predicted octanol–water partition coefficient (Wildman–Crippen LogP) is 3.81. The van der Waals surface area contributed by atoms with Crippen molar-refractivity contribution in [3.8, 4) is 0 Å². The molecule has 0 bridgehead atoms. The third-order valence-electron chi connectivity index (χ3n) is 3.15. The van der Waals surface area contributed by atoms with Crippen molar-refractivity contribution in [2.24, 2.45) is 0 Å². The highest BCUT2D eigenvalue weighted by Crippen LogP contribution is 2.40. The topological polar surface area (TPSA) is 49.3 Å². The Kier molecular flexibility index (Phi) is 3.84. The van der Waals surface area contributed by atoms with Crippen molar-refractivity contribution < 1.29 is 9.90 Å². The minimum absolute atomic E-state index is 0.0570. The Morgan fingerprint density at radius 1 is 1.53 bits per heavy atom. The molecule has 2 N–H and O–H groups in total. The summed E-state index contributed by atoms with van der Waals surface area (Å²) in [6.07, 6.45) is 5.99. The number of carboxylic acid groups (broad SMARTS) is 1. The zero-order chi connectivity index (χ0) is 12.3. The number of thiophene rings is 1. The summed E-state index contributed by atoms with van der Waals surface area (Å²) in [5.74, 6) is -0.752. The second kappa shape index (κ2) is 5.36. The number of rotatable bonds is 5. The summed E-state index contributed by atoms with van der Waals surface area (Å²) >= 11 is 1.63. The number of hydrogen-bond donors (Lipinski definition) is 2. The van der Waals surface area contributed by atoms with E-state index in [9.17, 15) is 9.90 Å². The van der Waals surface area contributed by atoms with Crippen LogP contribution in [-0.2, 0) is 4.79 Å². The lowest BCUT2D eigenvalue weighted by atomic mass is 9.86. The summed E-state index contributed by atoms with van der Waals surface area (Å²) in [4.78, 5) is 11.2. The number of carbonyl (C=O) groups is 1. The van der Waals surface area contributed by atoms with Gasteiger partial charge in [0.15, 0.2) is 0 Å². The first kappa shape index (κ1) is 12.2. The smallest absolute Gasteiger partial charge is 0.333 e. The van der Waals surface area contributed by atoms with Crippen LogP contribution in [0.5, 0.6) is 0 Å². The molecular weight excluding hydrogens is 234 g/mol. The van der Waals surface area contributed by atoms with E-state index in [0.29, 0.717) is 5.57 Å². The summed E-state index contributed by atoms with van der Waals surface area (Å²) < 4.78 is 0. The van der Waals surface area contributed by atoms with Gasteiger partial charge in [0, 0.05) is 12.1 Å². The van der Waals surface area contributed by atoms with Crippen LogP contribution in [0.4, 0.5) is 5.00 Å². The van der Waals surface area contributed by atoms with E-state index in [1.807, 2.05) is 11.4 Å². The van der Waals surface area contributed by atoms with Crippen LogP contribution in [0.1, 0.15) is 44.1 Å². The van der Waals surface area contributed by atoms with E-state index in [4.69, 9.17) is 0 Å².